The van der Waals surface area contributed by atoms with Crippen LogP contribution < -0.4 is 0 Å². The molecule has 138 valence electrons. The zero-order chi connectivity index (χ0) is 17.9. The van der Waals surface area contributed by atoms with Crippen molar-refractivity contribution in [3.63, 3.8) is 0 Å². The topological polar surface area (TPSA) is 0 Å². The molecule has 0 heteroatoms. The highest BCUT2D eigenvalue weighted by molar-refractivity contribution is 5.86. The van der Waals surface area contributed by atoms with E-state index in [2.05, 4.69) is 57.2 Å². The number of aryl methyl sites for hydroxylation is 1. The van der Waals surface area contributed by atoms with Crippen molar-refractivity contribution in [2.24, 2.45) is 0 Å². The van der Waals surface area contributed by atoms with Gasteiger partial charge in [0.05, 0.1) is 0 Å². The molecular formula is C25H38. The molecule has 0 N–H and O–H groups in total. The number of hydrogen-bond donors (Lipinski definition) is 0. The maximum absolute atomic E-state index is 2.41. The third-order valence-electron chi connectivity index (χ3n) is 5.59. The van der Waals surface area contributed by atoms with Crippen LogP contribution in [0.3, 0.4) is 0 Å². The molecule has 0 aliphatic rings. The molecular weight excluding hydrogens is 300 g/mol. The van der Waals surface area contributed by atoms with E-state index in [-0.39, 0.29) is 0 Å². The molecule has 0 amide bonds. The Labute approximate surface area is 156 Å². The Morgan fingerprint density at radius 3 is 2.08 bits per heavy atom. The first kappa shape index (κ1) is 20.0. The molecule has 0 aliphatic heterocycles. The van der Waals surface area contributed by atoms with Crippen LogP contribution in [0, 0.1) is 6.92 Å². The fourth-order valence-electron chi connectivity index (χ4n) is 3.95. The number of unbranched alkanes of at least 4 members (excludes halogenated alkanes) is 9. The Kier molecular flexibility index (Phi) is 9.08. The van der Waals surface area contributed by atoms with Gasteiger partial charge in [-0.2, -0.15) is 0 Å². The van der Waals surface area contributed by atoms with Crippen LogP contribution in [0.5, 0.6) is 0 Å². The largest absolute Gasteiger partial charge is 0.0654 e. The van der Waals surface area contributed by atoms with Gasteiger partial charge >= 0.3 is 0 Å². The molecule has 0 aromatic heterocycles. The predicted molar refractivity (Wildman–Crippen MR) is 114 cm³/mol. The van der Waals surface area contributed by atoms with Crippen LogP contribution in [-0.2, 0) is 0 Å². The number of fused-ring (bicyclic) bond motifs is 1. The van der Waals surface area contributed by atoms with Gasteiger partial charge in [-0.1, -0.05) is 120 Å². The monoisotopic (exact) mass is 338 g/mol. The molecule has 2 aromatic carbocycles. The minimum atomic E-state index is 0.667. The van der Waals surface area contributed by atoms with E-state index in [0.29, 0.717) is 5.92 Å². The quantitative estimate of drug-likeness (QED) is 0.340. The highest BCUT2D eigenvalue weighted by Gasteiger charge is 2.09. The van der Waals surface area contributed by atoms with E-state index in [1.54, 1.807) is 0 Å². The van der Waals surface area contributed by atoms with E-state index < -0.39 is 0 Å². The predicted octanol–water partition coefficient (Wildman–Crippen LogP) is 8.56. The maximum atomic E-state index is 2.41. The second kappa shape index (κ2) is 11.3. The summed E-state index contributed by atoms with van der Waals surface area (Å²) < 4.78 is 0. The molecule has 0 aliphatic carbocycles. The zero-order valence-corrected chi connectivity index (χ0v) is 16.8. The van der Waals surface area contributed by atoms with Gasteiger partial charge in [-0.15, -0.1) is 0 Å². The third-order valence-corrected chi connectivity index (χ3v) is 5.59. The SMILES string of the molecule is CCCCCCCCCCCCC(C)c1cccc2cc(C)ccc12. The van der Waals surface area contributed by atoms with Crippen LogP contribution in [-0.4, -0.2) is 0 Å². The van der Waals surface area contributed by atoms with Crippen molar-refractivity contribution < 1.29 is 0 Å². The lowest BCUT2D eigenvalue weighted by molar-refractivity contribution is 0.535. The third kappa shape index (κ3) is 6.84. The van der Waals surface area contributed by atoms with Crippen LogP contribution in [0.25, 0.3) is 10.8 Å². The first-order valence-electron chi connectivity index (χ1n) is 10.7. The van der Waals surface area contributed by atoms with E-state index in [4.69, 9.17) is 0 Å². The summed E-state index contributed by atoms with van der Waals surface area (Å²) in [6.07, 6.45) is 15.5. The average Bonchev–Trinajstić information content (AvgIpc) is 2.62. The van der Waals surface area contributed by atoms with Crippen LogP contribution >= 0.6 is 0 Å². The van der Waals surface area contributed by atoms with Gasteiger partial charge < -0.3 is 0 Å². The lowest BCUT2D eigenvalue weighted by atomic mass is 9.90. The molecule has 25 heavy (non-hydrogen) atoms. The smallest absolute Gasteiger partial charge is 0.0149 e. The summed E-state index contributed by atoms with van der Waals surface area (Å²) >= 11 is 0. The molecule has 0 spiro atoms. The lowest BCUT2D eigenvalue weighted by Gasteiger charge is -2.15. The van der Waals surface area contributed by atoms with Crippen molar-refractivity contribution in [3.8, 4) is 0 Å². The lowest BCUT2D eigenvalue weighted by Crippen LogP contribution is -1.95. The van der Waals surface area contributed by atoms with Crippen LogP contribution in [0.2, 0.25) is 0 Å². The van der Waals surface area contributed by atoms with E-state index in [0.717, 1.165) is 0 Å². The second-order valence-electron chi connectivity index (χ2n) is 7.94. The molecule has 0 nitrogen and oxygen atoms in total. The maximum Gasteiger partial charge on any atom is -0.0149 e. The molecule has 1 unspecified atom stereocenters. The Balaban J connectivity index is 1.67. The average molecular weight is 339 g/mol. The van der Waals surface area contributed by atoms with Gasteiger partial charge in [-0.05, 0) is 35.6 Å². The van der Waals surface area contributed by atoms with Crippen LogP contribution in [0.1, 0.15) is 102 Å². The van der Waals surface area contributed by atoms with Gasteiger partial charge in [0.1, 0.15) is 0 Å². The van der Waals surface area contributed by atoms with E-state index in [1.807, 2.05) is 0 Å². The van der Waals surface area contributed by atoms with Gasteiger partial charge in [-0.3, -0.25) is 0 Å². The van der Waals surface area contributed by atoms with E-state index in [1.165, 1.54) is 92.5 Å². The second-order valence-corrected chi connectivity index (χ2v) is 7.94. The van der Waals surface area contributed by atoms with Crippen LogP contribution in [0.15, 0.2) is 36.4 Å². The Hall–Kier alpha value is -1.30. The Morgan fingerprint density at radius 1 is 0.760 bits per heavy atom. The van der Waals surface area contributed by atoms with Crippen molar-refractivity contribution >= 4 is 10.8 Å². The summed E-state index contributed by atoms with van der Waals surface area (Å²) in [6.45, 7) is 6.88. The summed E-state index contributed by atoms with van der Waals surface area (Å²) in [6, 6.07) is 13.7. The number of benzene rings is 2. The molecule has 0 bridgehead atoms. The van der Waals surface area contributed by atoms with Crippen molar-refractivity contribution in [3.05, 3.63) is 47.5 Å². The summed E-state index contributed by atoms with van der Waals surface area (Å²) in [5, 5.41) is 2.85. The number of hydrogen-bond acceptors (Lipinski definition) is 0. The minimum Gasteiger partial charge on any atom is -0.0654 e. The first-order chi connectivity index (χ1) is 12.2. The summed E-state index contributed by atoms with van der Waals surface area (Å²) in [5.74, 6) is 0.667. The van der Waals surface area contributed by atoms with Crippen molar-refractivity contribution in [1.82, 2.24) is 0 Å². The standard InChI is InChI=1S/C25H38/c1-4-5-6-7-8-9-10-11-12-13-15-22(3)24-17-14-16-23-20-21(2)18-19-25(23)24/h14,16-20,22H,4-13,15H2,1-3H3. The van der Waals surface area contributed by atoms with E-state index in [9.17, 15) is 0 Å². The molecule has 2 rings (SSSR count). The van der Waals surface area contributed by atoms with Crippen molar-refractivity contribution in [2.45, 2.75) is 97.3 Å². The molecule has 0 saturated carbocycles. The molecule has 0 fully saturated rings. The molecule has 0 heterocycles. The normalized spacial score (nSPS) is 12.6. The fraction of sp³-hybridized carbons (Fsp3) is 0.600. The number of rotatable bonds is 12. The first-order valence-corrected chi connectivity index (χ1v) is 10.7. The highest BCUT2D eigenvalue weighted by atomic mass is 14.1. The Bertz CT molecular complexity index is 610. The van der Waals surface area contributed by atoms with Gasteiger partial charge in [0.2, 0.25) is 0 Å². The van der Waals surface area contributed by atoms with Gasteiger partial charge in [0.15, 0.2) is 0 Å². The molecule has 2 aromatic rings. The van der Waals surface area contributed by atoms with Gasteiger partial charge in [0, 0.05) is 0 Å². The summed E-state index contributed by atoms with van der Waals surface area (Å²) in [5.41, 5.74) is 2.89. The summed E-state index contributed by atoms with van der Waals surface area (Å²) in [4.78, 5) is 0. The van der Waals surface area contributed by atoms with E-state index >= 15 is 0 Å². The van der Waals surface area contributed by atoms with Crippen molar-refractivity contribution in [2.75, 3.05) is 0 Å². The minimum absolute atomic E-state index is 0.667. The molecule has 0 radical (unpaired) electrons. The van der Waals surface area contributed by atoms with Crippen molar-refractivity contribution in [1.29, 1.82) is 0 Å². The van der Waals surface area contributed by atoms with Gasteiger partial charge in [0.25, 0.3) is 0 Å². The molecule has 0 saturated heterocycles. The van der Waals surface area contributed by atoms with Crippen LogP contribution in [0.4, 0.5) is 0 Å². The molecule has 1 atom stereocenters. The Morgan fingerprint density at radius 2 is 1.40 bits per heavy atom. The van der Waals surface area contributed by atoms with Gasteiger partial charge in [-0.25, -0.2) is 0 Å². The fourth-order valence-corrected chi connectivity index (χ4v) is 3.95. The summed E-state index contributed by atoms with van der Waals surface area (Å²) in [7, 11) is 0. The highest BCUT2D eigenvalue weighted by Crippen LogP contribution is 2.29. The zero-order valence-electron chi connectivity index (χ0n) is 16.8.